The fraction of sp³-hybridized carbons (Fsp3) is 0.111. The number of nitrogens with zero attached hydrogens (tertiary/aromatic N) is 1. The number of hydrogen-bond donors (Lipinski definition) is 1. The summed E-state index contributed by atoms with van der Waals surface area (Å²) in [5.41, 5.74) is 1.58. The average molecular weight is 232 g/mol. The second kappa shape index (κ2) is 3.81. The number of rotatable bonds is 1. The van der Waals surface area contributed by atoms with Crippen LogP contribution in [0.3, 0.4) is 0 Å². The highest BCUT2D eigenvalue weighted by Gasteiger charge is 2.33. The van der Waals surface area contributed by atoms with E-state index in [2.05, 4.69) is 0 Å². The normalized spacial score (nSPS) is 10.9. The van der Waals surface area contributed by atoms with Gasteiger partial charge in [0.1, 0.15) is 6.07 Å². The van der Waals surface area contributed by atoms with E-state index in [9.17, 15) is 22.4 Å². The zero-order valence-corrected chi connectivity index (χ0v) is 7.60. The molecule has 2 N–H and O–H groups in total. The van der Waals surface area contributed by atoms with Crippen molar-refractivity contribution in [1.82, 2.24) is 0 Å². The van der Waals surface area contributed by atoms with Crippen molar-refractivity contribution in [3.05, 3.63) is 34.6 Å². The van der Waals surface area contributed by atoms with Crippen molar-refractivity contribution in [3.63, 3.8) is 0 Å². The minimum atomic E-state index is -4.77. The summed E-state index contributed by atoms with van der Waals surface area (Å²) in [5, 5.41) is 8.41. The second-order valence-corrected chi connectivity index (χ2v) is 2.86. The highest BCUT2D eigenvalue weighted by atomic mass is 19.4. The Kier molecular flexibility index (Phi) is 2.85. The maximum absolute atomic E-state index is 13.2. The molecule has 1 amide bonds. The van der Waals surface area contributed by atoms with Crippen molar-refractivity contribution in [2.24, 2.45) is 5.73 Å². The molecule has 0 atom stereocenters. The van der Waals surface area contributed by atoms with Gasteiger partial charge in [-0.25, -0.2) is 4.39 Å². The van der Waals surface area contributed by atoms with Crippen LogP contribution < -0.4 is 5.73 Å². The van der Waals surface area contributed by atoms with Crippen molar-refractivity contribution in [2.75, 3.05) is 0 Å². The molecule has 7 heteroatoms. The van der Waals surface area contributed by atoms with Crippen LogP contribution in [0.25, 0.3) is 0 Å². The molecule has 0 aromatic heterocycles. The van der Waals surface area contributed by atoms with Gasteiger partial charge in [0.05, 0.1) is 16.7 Å². The van der Waals surface area contributed by atoms with Crippen molar-refractivity contribution in [1.29, 1.82) is 5.26 Å². The van der Waals surface area contributed by atoms with Gasteiger partial charge in [0.25, 0.3) is 5.91 Å². The number of hydrogen-bond acceptors (Lipinski definition) is 2. The molecule has 0 saturated carbocycles. The monoisotopic (exact) mass is 232 g/mol. The Bertz CT molecular complexity index is 488. The summed E-state index contributed by atoms with van der Waals surface area (Å²) < 4.78 is 50.1. The third-order valence-electron chi connectivity index (χ3n) is 1.79. The van der Waals surface area contributed by atoms with Gasteiger partial charge in [-0.3, -0.25) is 4.79 Å². The summed E-state index contributed by atoms with van der Waals surface area (Å²) >= 11 is 0. The van der Waals surface area contributed by atoms with Crippen LogP contribution in [-0.4, -0.2) is 5.91 Å². The van der Waals surface area contributed by atoms with Crippen molar-refractivity contribution in [2.45, 2.75) is 6.18 Å². The standard InChI is InChI=1S/C9H4F4N2O/c10-7-4(3-14)1-5(9(11,12)13)2-6(7)8(15)16/h1-2H,(H2,15,16). The molecule has 0 fully saturated rings. The first kappa shape index (κ1) is 12.0. The Morgan fingerprint density at radius 3 is 2.31 bits per heavy atom. The molecule has 0 bridgehead atoms. The lowest BCUT2D eigenvalue weighted by molar-refractivity contribution is -0.137. The Hall–Kier alpha value is -2.10. The molecule has 3 nitrogen and oxygen atoms in total. The van der Waals surface area contributed by atoms with Gasteiger partial charge in [-0.15, -0.1) is 0 Å². The van der Waals surface area contributed by atoms with Crippen LogP contribution in [0.4, 0.5) is 17.6 Å². The number of nitrogens with two attached hydrogens (primary N) is 1. The summed E-state index contributed by atoms with van der Waals surface area (Å²) in [4.78, 5) is 10.7. The predicted molar refractivity (Wildman–Crippen MR) is 44.6 cm³/mol. The molecule has 0 unspecified atom stereocenters. The molecule has 0 aliphatic heterocycles. The fourth-order valence-corrected chi connectivity index (χ4v) is 1.05. The summed E-state index contributed by atoms with van der Waals surface area (Å²) in [5.74, 6) is -2.71. The molecule has 16 heavy (non-hydrogen) atoms. The zero-order valence-electron chi connectivity index (χ0n) is 7.60. The van der Waals surface area contributed by atoms with Crippen molar-refractivity contribution in [3.8, 4) is 6.07 Å². The van der Waals surface area contributed by atoms with Crippen LogP contribution in [0.5, 0.6) is 0 Å². The third kappa shape index (κ3) is 2.11. The van der Waals surface area contributed by atoms with E-state index < -0.39 is 34.6 Å². The zero-order chi connectivity index (χ0) is 12.5. The average Bonchev–Trinajstić information content (AvgIpc) is 2.15. The van der Waals surface area contributed by atoms with Gasteiger partial charge in [0.2, 0.25) is 0 Å². The van der Waals surface area contributed by atoms with Crippen LogP contribution >= 0.6 is 0 Å². The fourth-order valence-electron chi connectivity index (χ4n) is 1.05. The Morgan fingerprint density at radius 1 is 1.38 bits per heavy atom. The highest BCUT2D eigenvalue weighted by Crippen LogP contribution is 2.31. The van der Waals surface area contributed by atoms with Crippen LogP contribution in [0.15, 0.2) is 12.1 Å². The van der Waals surface area contributed by atoms with Crippen LogP contribution in [-0.2, 0) is 6.18 Å². The lowest BCUT2D eigenvalue weighted by atomic mass is 10.0. The van der Waals surface area contributed by atoms with Gasteiger partial charge in [-0.05, 0) is 12.1 Å². The summed E-state index contributed by atoms with van der Waals surface area (Å²) in [6, 6.07) is 1.82. The topological polar surface area (TPSA) is 66.9 Å². The summed E-state index contributed by atoms with van der Waals surface area (Å²) in [6.45, 7) is 0. The molecule has 1 aromatic carbocycles. The maximum atomic E-state index is 13.2. The Labute approximate surface area is 87.1 Å². The molecular formula is C9H4F4N2O. The third-order valence-corrected chi connectivity index (χ3v) is 1.79. The Morgan fingerprint density at radius 2 is 1.94 bits per heavy atom. The van der Waals surface area contributed by atoms with E-state index in [0.717, 1.165) is 0 Å². The minimum Gasteiger partial charge on any atom is -0.366 e. The van der Waals surface area contributed by atoms with Crippen molar-refractivity contribution < 1.29 is 22.4 Å². The van der Waals surface area contributed by atoms with E-state index in [-0.39, 0.29) is 6.07 Å². The molecule has 0 aliphatic rings. The van der Waals surface area contributed by atoms with Gasteiger partial charge < -0.3 is 5.73 Å². The number of carbonyl (C=O) groups is 1. The highest BCUT2D eigenvalue weighted by molar-refractivity contribution is 5.93. The van der Waals surface area contributed by atoms with E-state index in [1.165, 1.54) is 6.07 Å². The van der Waals surface area contributed by atoms with Gasteiger partial charge in [0, 0.05) is 0 Å². The SMILES string of the molecule is N#Cc1cc(C(F)(F)F)cc(C(N)=O)c1F. The van der Waals surface area contributed by atoms with E-state index >= 15 is 0 Å². The number of benzene rings is 1. The minimum absolute atomic E-state index is 0.276. The lowest BCUT2D eigenvalue weighted by Gasteiger charge is -2.09. The van der Waals surface area contributed by atoms with E-state index in [0.29, 0.717) is 6.07 Å². The number of nitriles is 1. The number of halogens is 4. The van der Waals surface area contributed by atoms with E-state index in [4.69, 9.17) is 11.0 Å². The van der Waals surface area contributed by atoms with Crippen LogP contribution in [0.2, 0.25) is 0 Å². The molecule has 0 saturated heterocycles. The van der Waals surface area contributed by atoms with Gasteiger partial charge in [-0.2, -0.15) is 18.4 Å². The largest absolute Gasteiger partial charge is 0.416 e. The summed E-state index contributed by atoms with van der Waals surface area (Å²) in [7, 11) is 0. The van der Waals surface area contributed by atoms with Gasteiger partial charge in [-0.1, -0.05) is 0 Å². The summed E-state index contributed by atoms with van der Waals surface area (Å²) in [6.07, 6.45) is -4.77. The van der Waals surface area contributed by atoms with Gasteiger partial charge in [0.15, 0.2) is 5.82 Å². The Balaban J connectivity index is 3.54. The number of alkyl halides is 3. The number of amides is 1. The first-order valence-electron chi connectivity index (χ1n) is 3.88. The molecular weight excluding hydrogens is 228 g/mol. The predicted octanol–water partition coefficient (Wildman–Crippen LogP) is 1.82. The molecule has 0 heterocycles. The lowest BCUT2D eigenvalue weighted by Crippen LogP contribution is -2.16. The molecule has 0 radical (unpaired) electrons. The first-order chi connectivity index (χ1) is 7.27. The molecule has 84 valence electrons. The number of primary amides is 1. The molecule has 0 spiro atoms. The smallest absolute Gasteiger partial charge is 0.366 e. The second-order valence-electron chi connectivity index (χ2n) is 2.86. The van der Waals surface area contributed by atoms with E-state index in [1.807, 2.05) is 0 Å². The quantitative estimate of drug-likeness (QED) is 0.750. The van der Waals surface area contributed by atoms with Gasteiger partial charge >= 0.3 is 6.18 Å². The van der Waals surface area contributed by atoms with Crippen LogP contribution in [0, 0.1) is 17.1 Å². The number of carbonyl (C=O) groups excluding carboxylic acids is 1. The first-order valence-corrected chi connectivity index (χ1v) is 3.88. The van der Waals surface area contributed by atoms with Crippen molar-refractivity contribution >= 4 is 5.91 Å². The maximum Gasteiger partial charge on any atom is 0.416 e. The van der Waals surface area contributed by atoms with Crippen LogP contribution in [0.1, 0.15) is 21.5 Å². The van der Waals surface area contributed by atoms with E-state index in [1.54, 1.807) is 0 Å². The molecule has 1 aromatic rings. The molecule has 0 aliphatic carbocycles. The molecule has 1 rings (SSSR count).